The molecule has 0 N–H and O–H groups in total. The highest BCUT2D eigenvalue weighted by atomic mass is 19.4. The molecular formula is C15H11F3N2O2. The van der Waals surface area contributed by atoms with Crippen molar-refractivity contribution in [1.82, 2.24) is 4.98 Å². The summed E-state index contributed by atoms with van der Waals surface area (Å²) in [4.78, 5) is 3.57. The van der Waals surface area contributed by atoms with Crippen LogP contribution in [0.25, 0.3) is 11.3 Å². The molecule has 0 unspecified atom stereocenters. The van der Waals surface area contributed by atoms with Gasteiger partial charge in [0.05, 0.1) is 25.5 Å². The minimum Gasteiger partial charge on any atom is -0.493 e. The maximum atomic E-state index is 12.8. The fraction of sp³-hybridized carbons (Fsp3) is 0.200. The third-order valence-electron chi connectivity index (χ3n) is 2.96. The zero-order valence-corrected chi connectivity index (χ0v) is 11.7. The lowest BCUT2D eigenvalue weighted by Gasteiger charge is -2.12. The van der Waals surface area contributed by atoms with E-state index in [1.165, 1.54) is 32.4 Å². The van der Waals surface area contributed by atoms with Crippen molar-refractivity contribution >= 4 is 0 Å². The summed E-state index contributed by atoms with van der Waals surface area (Å²) in [5, 5.41) is 9.07. The van der Waals surface area contributed by atoms with Gasteiger partial charge in [0.15, 0.2) is 11.5 Å². The molecule has 2 rings (SSSR count). The first-order valence-corrected chi connectivity index (χ1v) is 6.11. The Morgan fingerprint density at radius 2 is 1.73 bits per heavy atom. The van der Waals surface area contributed by atoms with Crippen LogP contribution in [-0.2, 0) is 6.18 Å². The molecule has 7 heteroatoms. The van der Waals surface area contributed by atoms with Crippen LogP contribution in [0.1, 0.15) is 11.3 Å². The number of hydrogen-bond donors (Lipinski definition) is 0. The van der Waals surface area contributed by atoms with Crippen LogP contribution >= 0.6 is 0 Å². The summed E-state index contributed by atoms with van der Waals surface area (Å²) >= 11 is 0. The second kappa shape index (κ2) is 5.93. The zero-order chi connectivity index (χ0) is 16.3. The average Bonchev–Trinajstić information content (AvgIpc) is 2.52. The molecule has 0 saturated carbocycles. The van der Waals surface area contributed by atoms with Crippen LogP contribution in [0.5, 0.6) is 11.5 Å². The molecule has 22 heavy (non-hydrogen) atoms. The normalized spacial score (nSPS) is 10.9. The Hall–Kier alpha value is -2.75. The van der Waals surface area contributed by atoms with Crippen LogP contribution < -0.4 is 9.47 Å². The topological polar surface area (TPSA) is 55.1 Å². The van der Waals surface area contributed by atoms with Crippen LogP contribution in [0, 0.1) is 11.3 Å². The van der Waals surface area contributed by atoms with E-state index in [9.17, 15) is 13.2 Å². The van der Waals surface area contributed by atoms with E-state index in [1.807, 2.05) is 6.07 Å². The van der Waals surface area contributed by atoms with Crippen LogP contribution in [-0.4, -0.2) is 19.2 Å². The van der Waals surface area contributed by atoms with E-state index < -0.39 is 11.9 Å². The van der Waals surface area contributed by atoms with Crippen LogP contribution in [0.15, 0.2) is 30.3 Å². The minimum absolute atomic E-state index is 0.0419. The third kappa shape index (κ3) is 2.96. The first-order valence-electron chi connectivity index (χ1n) is 6.11. The molecule has 0 spiro atoms. The smallest absolute Gasteiger partial charge is 0.433 e. The molecule has 0 saturated heterocycles. The van der Waals surface area contributed by atoms with Gasteiger partial charge in [0.1, 0.15) is 11.8 Å². The van der Waals surface area contributed by atoms with Crippen molar-refractivity contribution < 1.29 is 22.6 Å². The second-order valence-corrected chi connectivity index (χ2v) is 4.27. The Morgan fingerprint density at radius 1 is 1.05 bits per heavy atom. The number of rotatable bonds is 3. The molecule has 1 heterocycles. The fourth-order valence-corrected chi connectivity index (χ4v) is 1.91. The number of halogens is 3. The molecule has 0 radical (unpaired) electrons. The highest BCUT2D eigenvalue weighted by Gasteiger charge is 2.33. The number of pyridine rings is 1. The van der Waals surface area contributed by atoms with Gasteiger partial charge in [0, 0.05) is 5.56 Å². The van der Waals surface area contributed by atoms with Crippen LogP contribution in [0.4, 0.5) is 13.2 Å². The van der Waals surface area contributed by atoms with Gasteiger partial charge in [-0.15, -0.1) is 0 Å². The second-order valence-electron chi connectivity index (χ2n) is 4.27. The Labute approximate surface area is 124 Å². The Morgan fingerprint density at radius 3 is 2.27 bits per heavy atom. The first kappa shape index (κ1) is 15.6. The lowest BCUT2D eigenvalue weighted by atomic mass is 10.0. The highest BCUT2D eigenvalue weighted by molar-refractivity contribution is 5.69. The molecule has 2 aromatic rings. The van der Waals surface area contributed by atoms with Gasteiger partial charge in [-0.1, -0.05) is 0 Å². The molecule has 0 atom stereocenters. The van der Waals surface area contributed by atoms with E-state index in [2.05, 4.69) is 4.98 Å². The SMILES string of the molecule is COc1ccc(-c2nc(C(F)(F)F)ccc2C#N)cc1OC. The number of alkyl halides is 3. The van der Waals surface area contributed by atoms with E-state index in [0.29, 0.717) is 17.1 Å². The lowest BCUT2D eigenvalue weighted by Crippen LogP contribution is -2.09. The quantitative estimate of drug-likeness (QED) is 0.868. The maximum Gasteiger partial charge on any atom is 0.433 e. The monoisotopic (exact) mass is 308 g/mol. The fourth-order valence-electron chi connectivity index (χ4n) is 1.91. The molecule has 0 bridgehead atoms. The van der Waals surface area contributed by atoms with Gasteiger partial charge in [-0.2, -0.15) is 18.4 Å². The molecule has 1 aromatic heterocycles. The van der Waals surface area contributed by atoms with Crippen molar-refractivity contribution in [3.05, 3.63) is 41.6 Å². The standard InChI is InChI=1S/C15H11F3N2O2/c1-21-11-5-3-9(7-12(11)22-2)14-10(8-19)4-6-13(20-14)15(16,17)18/h3-7H,1-2H3. The number of methoxy groups -OCH3 is 2. The minimum atomic E-state index is -4.58. The predicted octanol–water partition coefficient (Wildman–Crippen LogP) is 3.66. The summed E-state index contributed by atoms with van der Waals surface area (Å²) in [7, 11) is 2.85. The Kier molecular flexibility index (Phi) is 4.22. The summed E-state index contributed by atoms with van der Waals surface area (Å²) in [6.07, 6.45) is -4.58. The highest BCUT2D eigenvalue weighted by Crippen LogP contribution is 2.35. The summed E-state index contributed by atoms with van der Waals surface area (Å²) in [6, 6.07) is 8.25. The number of nitriles is 1. The van der Waals surface area contributed by atoms with E-state index >= 15 is 0 Å². The Bertz CT molecular complexity index is 737. The van der Waals surface area contributed by atoms with Gasteiger partial charge < -0.3 is 9.47 Å². The third-order valence-corrected chi connectivity index (χ3v) is 2.96. The van der Waals surface area contributed by atoms with E-state index in [1.54, 1.807) is 0 Å². The van der Waals surface area contributed by atoms with Crippen molar-refractivity contribution in [3.8, 4) is 28.8 Å². The van der Waals surface area contributed by atoms with Gasteiger partial charge >= 0.3 is 6.18 Å². The number of benzene rings is 1. The maximum absolute atomic E-state index is 12.8. The van der Waals surface area contributed by atoms with Crippen molar-refractivity contribution in [1.29, 1.82) is 5.26 Å². The zero-order valence-electron chi connectivity index (χ0n) is 11.7. The molecule has 0 aliphatic carbocycles. The molecular weight excluding hydrogens is 297 g/mol. The van der Waals surface area contributed by atoms with Crippen molar-refractivity contribution in [2.75, 3.05) is 14.2 Å². The Balaban J connectivity index is 2.63. The molecule has 0 aliphatic heterocycles. The van der Waals surface area contributed by atoms with Crippen molar-refractivity contribution in [3.63, 3.8) is 0 Å². The number of aromatic nitrogens is 1. The van der Waals surface area contributed by atoms with Gasteiger partial charge in [0.2, 0.25) is 0 Å². The summed E-state index contributed by atoms with van der Waals surface area (Å²) < 4.78 is 48.6. The number of ether oxygens (including phenoxy) is 2. The lowest BCUT2D eigenvalue weighted by molar-refractivity contribution is -0.141. The first-order chi connectivity index (χ1) is 10.4. The summed E-state index contributed by atoms with van der Waals surface area (Å²) in [5.41, 5.74) is -0.741. The number of hydrogen-bond acceptors (Lipinski definition) is 4. The van der Waals surface area contributed by atoms with Gasteiger partial charge in [0.25, 0.3) is 0 Å². The largest absolute Gasteiger partial charge is 0.493 e. The van der Waals surface area contributed by atoms with E-state index in [-0.39, 0.29) is 11.3 Å². The van der Waals surface area contributed by atoms with E-state index in [4.69, 9.17) is 14.7 Å². The molecule has 0 fully saturated rings. The van der Waals surface area contributed by atoms with Crippen LogP contribution in [0.2, 0.25) is 0 Å². The van der Waals surface area contributed by atoms with Crippen LogP contribution in [0.3, 0.4) is 0 Å². The van der Waals surface area contributed by atoms with Crippen molar-refractivity contribution in [2.24, 2.45) is 0 Å². The molecule has 0 amide bonds. The predicted molar refractivity (Wildman–Crippen MR) is 72.5 cm³/mol. The van der Waals surface area contributed by atoms with Gasteiger partial charge in [-0.25, -0.2) is 4.98 Å². The molecule has 114 valence electrons. The molecule has 4 nitrogen and oxygen atoms in total. The number of nitrogens with zero attached hydrogens (tertiary/aromatic N) is 2. The van der Waals surface area contributed by atoms with E-state index in [0.717, 1.165) is 12.1 Å². The molecule has 0 aliphatic rings. The van der Waals surface area contributed by atoms with Crippen molar-refractivity contribution in [2.45, 2.75) is 6.18 Å². The van der Waals surface area contributed by atoms with Gasteiger partial charge in [-0.05, 0) is 30.3 Å². The molecule has 1 aromatic carbocycles. The summed E-state index contributed by atoms with van der Waals surface area (Å²) in [6.45, 7) is 0. The van der Waals surface area contributed by atoms with Gasteiger partial charge in [-0.3, -0.25) is 0 Å². The summed E-state index contributed by atoms with van der Waals surface area (Å²) in [5.74, 6) is 0.764. The average molecular weight is 308 g/mol.